The van der Waals surface area contributed by atoms with Gasteiger partial charge in [0.1, 0.15) is 5.75 Å². The highest BCUT2D eigenvalue weighted by atomic mass is 35.5. The highest BCUT2D eigenvalue weighted by molar-refractivity contribution is 7.92. The Bertz CT molecular complexity index is 712. The summed E-state index contributed by atoms with van der Waals surface area (Å²) in [4.78, 5) is 0.167. The van der Waals surface area contributed by atoms with Crippen LogP contribution in [0.25, 0.3) is 0 Å². The minimum absolute atomic E-state index is 0.167. The second-order valence-electron chi connectivity index (χ2n) is 4.48. The molecule has 0 saturated heterocycles. The van der Waals surface area contributed by atoms with E-state index in [1.54, 1.807) is 37.3 Å². The molecule has 112 valence electrons. The minimum Gasteiger partial charge on any atom is -0.497 e. The number of rotatable bonds is 5. The van der Waals surface area contributed by atoms with E-state index in [1.807, 2.05) is 6.07 Å². The van der Waals surface area contributed by atoms with Crippen LogP contribution < -0.4 is 9.46 Å². The average Bonchev–Trinajstić information content (AvgIpc) is 2.47. The number of nitrogens with one attached hydrogen (secondary N) is 1. The molecule has 0 spiro atoms. The van der Waals surface area contributed by atoms with Crippen LogP contribution in [0.1, 0.15) is 17.9 Å². The molecule has 0 aromatic heterocycles. The molecule has 0 saturated carbocycles. The van der Waals surface area contributed by atoms with Crippen molar-refractivity contribution in [2.45, 2.75) is 17.2 Å². The fourth-order valence-electron chi connectivity index (χ4n) is 1.90. The predicted octanol–water partition coefficient (Wildman–Crippen LogP) is 3.80. The van der Waals surface area contributed by atoms with Crippen molar-refractivity contribution in [1.82, 2.24) is 0 Å². The van der Waals surface area contributed by atoms with Crippen LogP contribution in [0.5, 0.6) is 5.75 Å². The van der Waals surface area contributed by atoms with Crippen LogP contribution in [0.3, 0.4) is 0 Å². The van der Waals surface area contributed by atoms with Crippen molar-refractivity contribution in [1.29, 1.82) is 0 Å². The van der Waals surface area contributed by atoms with E-state index in [1.165, 1.54) is 19.2 Å². The van der Waals surface area contributed by atoms with Gasteiger partial charge in [-0.1, -0.05) is 18.2 Å². The van der Waals surface area contributed by atoms with Crippen LogP contribution in [-0.4, -0.2) is 15.5 Å². The highest BCUT2D eigenvalue weighted by Crippen LogP contribution is 2.29. The molecule has 0 aliphatic heterocycles. The Balaban J connectivity index is 2.33. The third kappa shape index (κ3) is 3.68. The van der Waals surface area contributed by atoms with Gasteiger partial charge in [-0.15, -0.1) is 11.6 Å². The van der Waals surface area contributed by atoms with Crippen molar-refractivity contribution in [3.63, 3.8) is 0 Å². The van der Waals surface area contributed by atoms with E-state index < -0.39 is 10.0 Å². The van der Waals surface area contributed by atoms with Gasteiger partial charge in [-0.2, -0.15) is 0 Å². The zero-order valence-corrected chi connectivity index (χ0v) is 13.3. The first-order valence-corrected chi connectivity index (χ1v) is 8.26. The molecule has 0 aliphatic rings. The number of methoxy groups -OCH3 is 1. The summed E-state index contributed by atoms with van der Waals surface area (Å²) in [6.45, 7) is 1.79. The maximum absolute atomic E-state index is 12.4. The molecule has 0 bridgehead atoms. The molecule has 1 atom stereocenters. The number of para-hydroxylation sites is 1. The number of sulfonamides is 1. The molecule has 21 heavy (non-hydrogen) atoms. The molecule has 2 rings (SSSR count). The van der Waals surface area contributed by atoms with E-state index in [0.29, 0.717) is 11.4 Å². The number of hydrogen-bond donors (Lipinski definition) is 1. The molecule has 4 nitrogen and oxygen atoms in total. The SMILES string of the molecule is COc1ccc(S(=O)(=O)Nc2ccccc2C(C)Cl)cc1. The van der Waals surface area contributed by atoms with Gasteiger partial charge < -0.3 is 4.74 Å². The number of alkyl halides is 1. The van der Waals surface area contributed by atoms with Crippen LogP contribution in [0.4, 0.5) is 5.69 Å². The molecule has 0 aliphatic carbocycles. The van der Waals surface area contributed by atoms with Gasteiger partial charge in [0.2, 0.25) is 0 Å². The molecular weight excluding hydrogens is 310 g/mol. The molecule has 0 radical (unpaired) electrons. The van der Waals surface area contributed by atoms with Gasteiger partial charge >= 0.3 is 0 Å². The third-order valence-corrected chi connectivity index (χ3v) is 4.62. The van der Waals surface area contributed by atoms with Crippen molar-refractivity contribution in [2.24, 2.45) is 0 Å². The molecule has 1 unspecified atom stereocenters. The summed E-state index contributed by atoms with van der Waals surface area (Å²) < 4.78 is 32.3. The monoisotopic (exact) mass is 325 g/mol. The molecule has 6 heteroatoms. The Hall–Kier alpha value is -1.72. The van der Waals surface area contributed by atoms with Gasteiger partial charge in [-0.3, -0.25) is 4.72 Å². The predicted molar refractivity (Wildman–Crippen MR) is 84.5 cm³/mol. The number of anilines is 1. The van der Waals surface area contributed by atoms with Gasteiger partial charge in [-0.25, -0.2) is 8.42 Å². The van der Waals surface area contributed by atoms with Crippen LogP contribution in [0.2, 0.25) is 0 Å². The molecule has 0 amide bonds. The largest absolute Gasteiger partial charge is 0.497 e. The van der Waals surface area contributed by atoms with Crippen molar-refractivity contribution in [3.05, 3.63) is 54.1 Å². The second kappa shape index (κ2) is 6.37. The van der Waals surface area contributed by atoms with E-state index >= 15 is 0 Å². The van der Waals surface area contributed by atoms with Crippen molar-refractivity contribution in [2.75, 3.05) is 11.8 Å². The number of hydrogen-bond acceptors (Lipinski definition) is 3. The van der Waals surface area contributed by atoms with Crippen LogP contribution in [-0.2, 0) is 10.0 Å². The summed E-state index contributed by atoms with van der Waals surface area (Å²) in [6.07, 6.45) is 0. The summed E-state index contributed by atoms with van der Waals surface area (Å²) in [5, 5.41) is -0.292. The van der Waals surface area contributed by atoms with E-state index in [4.69, 9.17) is 16.3 Å². The second-order valence-corrected chi connectivity index (χ2v) is 6.82. The Morgan fingerprint density at radius 2 is 1.71 bits per heavy atom. The average molecular weight is 326 g/mol. The van der Waals surface area contributed by atoms with E-state index in [0.717, 1.165) is 5.56 Å². The lowest BCUT2D eigenvalue weighted by Gasteiger charge is -2.14. The lowest BCUT2D eigenvalue weighted by Crippen LogP contribution is -2.14. The Morgan fingerprint density at radius 3 is 2.29 bits per heavy atom. The maximum Gasteiger partial charge on any atom is 0.261 e. The zero-order chi connectivity index (χ0) is 15.5. The first-order valence-electron chi connectivity index (χ1n) is 6.34. The fourth-order valence-corrected chi connectivity index (χ4v) is 3.17. The van der Waals surface area contributed by atoms with E-state index in [9.17, 15) is 8.42 Å². The van der Waals surface area contributed by atoms with Gasteiger partial charge in [0, 0.05) is 0 Å². The molecule has 2 aromatic carbocycles. The van der Waals surface area contributed by atoms with Gasteiger partial charge in [-0.05, 0) is 42.8 Å². The topological polar surface area (TPSA) is 55.4 Å². The molecular formula is C15H16ClNO3S. The molecule has 1 N–H and O–H groups in total. The lowest BCUT2D eigenvalue weighted by molar-refractivity contribution is 0.414. The van der Waals surface area contributed by atoms with Crippen LogP contribution >= 0.6 is 11.6 Å². The minimum atomic E-state index is -3.66. The lowest BCUT2D eigenvalue weighted by atomic mass is 10.1. The van der Waals surface area contributed by atoms with Crippen LogP contribution in [0, 0.1) is 0 Å². The van der Waals surface area contributed by atoms with E-state index in [2.05, 4.69) is 4.72 Å². The zero-order valence-electron chi connectivity index (χ0n) is 11.7. The number of halogens is 1. The fraction of sp³-hybridized carbons (Fsp3) is 0.200. The van der Waals surface area contributed by atoms with Gasteiger partial charge in [0.05, 0.1) is 23.1 Å². The van der Waals surface area contributed by atoms with E-state index in [-0.39, 0.29) is 10.3 Å². The first-order chi connectivity index (χ1) is 9.94. The van der Waals surface area contributed by atoms with Crippen molar-refractivity contribution < 1.29 is 13.2 Å². The number of ether oxygens (including phenoxy) is 1. The van der Waals surface area contributed by atoms with Gasteiger partial charge in [0.25, 0.3) is 10.0 Å². The van der Waals surface area contributed by atoms with Crippen molar-refractivity contribution in [3.8, 4) is 5.75 Å². The Morgan fingerprint density at radius 1 is 1.10 bits per heavy atom. The normalized spacial score (nSPS) is 12.7. The Kier molecular flexibility index (Phi) is 4.75. The first kappa shape index (κ1) is 15.7. The highest BCUT2D eigenvalue weighted by Gasteiger charge is 2.17. The summed E-state index contributed by atoms with van der Waals surface area (Å²) in [5.41, 5.74) is 1.21. The summed E-state index contributed by atoms with van der Waals surface area (Å²) in [7, 11) is -2.13. The Labute approximate surface area is 129 Å². The standard InChI is InChI=1S/C15H16ClNO3S/c1-11(16)14-5-3-4-6-15(14)17-21(18,19)13-9-7-12(20-2)8-10-13/h3-11,17H,1-2H3. The summed E-state index contributed by atoms with van der Waals surface area (Å²) in [6, 6.07) is 13.3. The van der Waals surface area contributed by atoms with Crippen molar-refractivity contribution >= 4 is 27.3 Å². The maximum atomic E-state index is 12.4. The van der Waals surface area contributed by atoms with Crippen LogP contribution in [0.15, 0.2) is 53.4 Å². The molecule has 0 fully saturated rings. The van der Waals surface area contributed by atoms with Gasteiger partial charge in [0.15, 0.2) is 0 Å². The number of benzene rings is 2. The molecule has 0 heterocycles. The summed E-state index contributed by atoms with van der Waals surface area (Å²) in [5.74, 6) is 0.601. The quantitative estimate of drug-likeness (QED) is 0.851. The third-order valence-electron chi connectivity index (χ3n) is 3.00. The smallest absolute Gasteiger partial charge is 0.261 e. The summed E-state index contributed by atoms with van der Waals surface area (Å²) >= 11 is 6.07. The molecule has 2 aromatic rings.